The van der Waals surface area contributed by atoms with Crippen LogP contribution in [0.3, 0.4) is 0 Å². The van der Waals surface area contributed by atoms with Crippen LogP contribution in [0.5, 0.6) is 0 Å². The van der Waals surface area contributed by atoms with Gasteiger partial charge in [-0.3, -0.25) is 14.7 Å². The Morgan fingerprint density at radius 1 is 1.26 bits per heavy atom. The Morgan fingerprint density at radius 3 is 2.57 bits per heavy atom. The molecular weight excluding hydrogens is 295 g/mol. The van der Waals surface area contributed by atoms with Gasteiger partial charge < -0.3 is 5.11 Å². The highest BCUT2D eigenvalue weighted by molar-refractivity contribution is 6.00. The van der Waals surface area contributed by atoms with Crippen molar-refractivity contribution >= 4 is 5.91 Å². The third-order valence-electron chi connectivity index (χ3n) is 4.07. The fourth-order valence-electron chi connectivity index (χ4n) is 3.17. The van der Waals surface area contributed by atoms with Gasteiger partial charge in [0.25, 0.3) is 5.91 Å². The Kier molecular flexibility index (Phi) is 3.30. The van der Waals surface area contributed by atoms with Crippen molar-refractivity contribution in [3.05, 3.63) is 64.7 Å². The van der Waals surface area contributed by atoms with Crippen molar-refractivity contribution in [3.8, 4) is 0 Å². The number of hydrogen-bond donors (Lipinski definition) is 1. The van der Waals surface area contributed by atoms with E-state index in [1.807, 2.05) is 0 Å². The first kappa shape index (κ1) is 15.6. The minimum Gasteiger partial charge on any atom is -0.362 e. The van der Waals surface area contributed by atoms with Crippen molar-refractivity contribution in [2.75, 3.05) is 0 Å². The number of carbonyl (C=O) groups is 1. The minimum atomic E-state index is -1.93. The lowest BCUT2D eigenvalue weighted by Gasteiger charge is -2.42. The van der Waals surface area contributed by atoms with E-state index in [-0.39, 0.29) is 17.2 Å². The van der Waals surface area contributed by atoms with Crippen LogP contribution in [0.25, 0.3) is 0 Å². The molecule has 0 radical (unpaired) electrons. The summed E-state index contributed by atoms with van der Waals surface area (Å²) in [7, 11) is 0. The quantitative estimate of drug-likeness (QED) is 0.880. The van der Waals surface area contributed by atoms with E-state index in [9.17, 15) is 14.3 Å². The Bertz CT molecular complexity index is 798. The van der Waals surface area contributed by atoms with Gasteiger partial charge in [0.1, 0.15) is 11.5 Å². The van der Waals surface area contributed by atoms with Crippen LogP contribution in [0.4, 0.5) is 4.39 Å². The van der Waals surface area contributed by atoms with Crippen molar-refractivity contribution in [1.82, 2.24) is 9.88 Å². The number of benzene rings is 1. The lowest BCUT2D eigenvalue weighted by atomic mass is 9.93. The molecule has 0 saturated carbocycles. The molecule has 1 aromatic heterocycles. The SMILES string of the molecule is Cc1ccc(C2(O)c3ncccc3C(=O)N2C(C)(C)C)c(F)c1. The molecule has 120 valence electrons. The molecular formula is C18H19FN2O2. The zero-order valence-corrected chi connectivity index (χ0v) is 13.6. The standard InChI is InChI=1S/C18H19FN2O2/c1-11-7-8-13(14(19)10-11)18(23)15-12(6-5-9-20-15)16(22)21(18)17(2,3)4/h5-10,23H,1-4H3. The van der Waals surface area contributed by atoms with Crippen LogP contribution in [0.15, 0.2) is 36.5 Å². The van der Waals surface area contributed by atoms with Crippen molar-refractivity contribution in [2.24, 2.45) is 0 Å². The predicted molar refractivity (Wildman–Crippen MR) is 84.3 cm³/mol. The average molecular weight is 314 g/mol. The smallest absolute Gasteiger partial charge is 0.259 e. The topological polar surface area (TPSA) is 53.4 Å². The molecule has 0 spiro atoms. The van der Waals surface area contributed by atoms with Crippen molar-refractivity contribution in [1.29, 1.82) is 0 Å². The summed E-state index contributed by atoms with van der Waals surface area (Å²) in [5.41, 5.74) is -1.41. The normalized spacial score (nSPS) is 20.8. The fourth-order valence-corrected chi connectivity index (χ4v) is 3.17. The molecule has 0 aliphatic carbocycles. The van der Waals surface area contributed by atoms with Crippen LogP contribution in [0, 0.1) is 12.7 Å². The van der Waals surface area contributed by atoms with Gasteiger partial charge in [-0.2, -0.15) is 0 Å². The first-order valence-electron chi connectivity index (χ1n) is 7.46. The number of nitrogens with zero attached hydrogens (tertiary/aromatic N) is 2. The van der Waals surface area contributed by atoms with Crippen LogP contribution < -0.4 is 0 Å². The number of aliphatic hydroxyl groups is 1. The molecule has 1 unspecified atom stereocenters. The zero-order valence-electron chi connectivity index (χ0n) is 13.6. The van der Waals surface area contributed by atoms with E-state index in [4.69, 9.17) is 0 Å². The molecule has 0 saturated heterocycles. The second-order valence-corrected chi connectivity index (χ2v) is 6.87. The second-order valence-electron chi connectivity index (χ2n) is 6.87. The molecule has 0 bridgehead atoms. The Labute approximate surface area is 134 Å². The third kappa shape index (κ3) is 2.15. The molecule has 0 fully saturated rings. The lowest BCUT2D eigenvalue weighted by molar-refractivity contribution is -0.0919. The first-order valence-corrected chi connectivity index (χ1v) is 7.46. The molecule has 1 N–H and O–H groups in total. The summed E-state index contributed by atoms with van der Waals surface area (Å²) < 4.78 is 14.6. The summed E-state index contributed by atoms with van der Waals surface area (Å²) in [5, 5.41) is 11.5. The fraction of sp³-hybridized carbons (Fsp3) is 0.333. The molecule has 1 amide bonds. The summed E-state index contributed by atoms with van der Waals surface area (Å²) in [6.07, 6.45) is 1.50. The molecule has 1 atom stereocenters. The summed E-state index contributed by atoms with van der Waals surface area (Å²) in [5.74, 6) is -0.920. The number of carbonyl (C=O) groups excluding carboxylic acids is 1. The number of hydrogen-bond acceptors (Lipinski definition) is 3. The number of fused-ring (bicyclic) bond motifs is 1. The summed E-state index contributed by atoms with van der Waals surface area (Å²) in [6.45, 7) is 7.17. The van der Waals surface area contributed by atoms with Gasteiger partial charge in [0.2, 0.25) is 5.72 Å². The maximum Gasteiger partial charge on any atom is 0.259 e. The summed E-state index contributed by atoms with van der Waals surface area (Å²) in [4.78, 5) is 18.3. The Hall–Kier alpha value is -2.27. The Morgan fingerprint density at radius 2 is 1.96 bits per heavy atom. The zero-order chi connectivity index (χ0) is 17.0. The van der Waals surface area contributed by atoms with Crippen molar-refractivity contribution in [2.45, 2.75) is 39.0 Å². The molecule has 5 heteroatoms. The van der Waals surface area contributed by atoms with Gasteiger partial charge in [0, 0.05) is 17.3 Å². The number of aromatic nitrogens is 1. The van der Waals surface area contributed by atoms with Crippen LogP contribution in [-0.2, 0) is 5.72 Å². The van der Waals surface area contributed by atoms with E-state index in [0.29, 0.717) is 5.56 Å². The van der Waals surface area contributed by atoms with Crippen LogP contribution in [0.2, 0.25) is 0 Å². The van der Waals surface area contributed by atoms with Crippen LogP contribution in [-0.4, -0.2) is 26.4 Å². The van der Waals surface area contributed by atoms with Gasteiger partial charge >= 0.3 is 0 Å². The van der Waals surface area contributed by atoms with E-state index in [0.717, 1.165) is 5.56 Å². The van der Waals surface area contributed by atoms with Gasteiger partial charge in [-0.15, -0.1) is 0 Å². The van der Waals surface area contributed by atoms with Gasteiger partial charge in [0.05, 0.1) is 5.56 Å². The number of aryl methyl sites for hydroxylation is 1. The molecule has 23 heavy (non-hydrogen) atoms. The minimum absolute atomic E-state index is 0.0313. The molecule has 2 aromatic rings. The van der Waals surface area contributed by atoms with Gasteiger partial charge in [0.15, 0.2) is 0 Å². The van der Waals surface area contributed by atoms with E-state index < -0.39 is 17.1 Å². The number of halogens is 1. The molecule has 1 aliphatic heterocycles. The number of amides is 1. The molecule has 1 aliphatic rings. The summed E-state index contributed by atoms with van der Waals surface area (Å²) >= 11 is 0. The maximum absolute atomic E-state index is 14.6. The van der Waals surface area contributed by atoms with E-state index in [2.05, 4.69) is 4.98 Å². The van der Waals surface area contributed by atoms with Gasteiger partial charge in [-0.25, -0.2) is 4.39 Å². The lowest BCUT2D eigenvalue weighted by Crippen LogP contribution is -2.54. The predicted octanol–water partition coefficient (Wildman–Crippen LogP) is 2.98. The van der Waals surface area contributed by atoms with Crippen molar-refractivity contribution in [3.63, 3.8) is 0 Å². The molecule has 3 rings (SSSR count). The average Bonchev–Trinajstić information content (AvgIpc) is 2.68. The van der Waals surface area contributed by atoms with Gasteiger partial charge in [-0.05, 0) is 51.5 Å². The van der Waals surface area contributed by atoms with Crippen LogP contribution in [0.1, 0.15) is 48.0 Å². The molecule has 2 heterocycles. The largest absolute Gasteiger partial charge is 0.362 e. The molecule has 4 nitrogen and oxygen atoms in total. The highest BCUT2D eigenvalue weighted by Gasteiger charge is 2.56. The van der Waals surface area contributed by atoms with E-state index >= 15 is 0 Å². The number of pyridine rings is 1. The van der Waals surface area contributed by atoms with E-state index in [1.165, 1.54) is 23.2 Å². The first-order chi connectivity index (χ1) is 10.7. The maximum atomic E-state index is 14.6. The highest BCUT2D eigenvalue weighted by Crippen LogP contribution is 2.45. The third-order valence-corrected chi connectivity index (χ3v) is 4.07. The van der Waals surface area contributed by atoms with Crippen molar-refractivity contribution < 1.29 is 14.3 Å². The molecule has 1 aromatic carbocycles. The van der Waals surface area contributed by atoms with Gasteiger partial charge in [-0.1, -0.05) is 12.1 Å². The van der Waals surface area contributed by atoms with Crippen LogP contribution >= 0.6 is 0 Å². The second kappa shape index (κ2) is 4.86. The number of rotatable bonds is 1. The highest BCUT2D eigenvalue weighted by atomic mass is 19.1. The Balaban J connectivity index is 2.34. The summed E-state index contributed by atoms with van der Waals surface area (Å²) in [6, 6.07) is 7.81. The van der Waals surface area contributed by atoms with E-state index in [1.54, 1.807) is 45.9 Å². The monoisotopic (exact) mass is 314 g/mol.